The molecule has 106 valence electrons. The van der Waals surface area contributed by atoms with Gasteiger partial charge in [0.05, 0.1) is 0 Å². The zero-order valence-electron chi connectivity index (χ0n) is 11.5. The van der Waals surface area contributed by atoms with Crippen molar-refractivity contribution in [3.8, 4) is 0 Å². The lowest BCUT2D eigenvalue weighted by atomic mass is 9.73. The molecule has 0 aromatic rings. The molecule has 1 aliphatic rings. The molecular weight excluding hydrogens is 253 g/mol. The zero-order valence-corrected chi connectivity index (χ0v) is 11.5. The maximum absolute atomic E-state index is 12.0. The van der Waals surface area contributed by atoms with Crippen molar-refractivity contribution in [3.05, 3.63) is 35.5 Å². The summed E-state index contributed by atoms with van der Waals surface area (Å²) >= 11 is 0. The fourth-order valence-corrected chi connectivity index (χ4v) is 2.40. The lowest BCUT2D eigenvalue weighted by Crippen LogP contribution is -2.20. The Bertz CT molecular complexity index is 437. The minimum Gasteiger partial charge on any atom is -0.285 e. The lowest BCUT2D eigenvalue weighted by molar-refractivity contribution is -0.165. The van der Waals surface area contributed by atoms with Gasteiger partial charge in [0.2, 0.25) is 0 Å². The Kier molecular flexibility index (Phi) is 4.77. The monoisotopic (exact) mass is 272 g/mol. The number of allylic oxidation sites excluding steroid dienone is 6. The second-order valence-electron chi connectivity index (χ2n) is 5.51. The molecule has 0 N–H and O–H groups in total. The van der Waals surface area contributed by atoms with Crippen molar-refractivity contribution >= 4 is 5.78 Å². The van der Waals surface area contributed by atoms with Gasteiger partial charge in [-0.3, -0.25) is 4.79 Å². The van der Waals surface area contributed by atoms with Crippen LogP contribution in [0, 0.1) is 5.41 Å². The molecule has 0 bridgehead atoms. The first-order chi connectivity index (χ1) is 8.64. The zero-order chi connectivity index (χ0) is 14.7. The average molecular weight is 272 g/mol. The van der Waals surface area contributed by atoms with Crippen LogP contribution in [0.1, 0.15) is 40.0 Å². The summed E-state index contributed by atoms with van der Waals surface area (Å²) in [6.45, 7) is 6.30. The van der Waals surface area contributed by atoms with E-state index < -0.39 is 12.0 Å². The van der Waals surface area contributed by atoms with E-state index in [2.05, 4.69) is 13.8 Å². The third kappa shape index (κ3) is 4.37. The summed E-state index contributed by atoms with van der Waals surface area (Å²) in [4.78, 5) is 10.6. The second kappa shape index (κ2) is 5.76. The summed E-state index contributed by atoms with van der Waals surface area (Å²) in [6.07, 6.45) is 3.47. The number of rotatable bonds is 3. The van der Waals surface area contributed by atoms with E-state index in [-0.39, 0.29) is 5.41 Å². The Morgan fingerprint density at radius 3 is 2.42 bits per heavy atom. The van der Waals surface area contributed by atoms with Gasteiger partial charge in [-0.05, 0) is 43.3 Å². The molecule has 0 saturated carbocycles. The Morgan fingerprint density at radius 2 is 1.89 bits per heavy atom. The van der Waals surface area contributed by atoms with Crippen LogP contribution in [0.5, 0.6) is 0 Å². The Morgan fingerprint density at radius 1 is 1.26 bits per heavy atom. The number of ketones is 1. The predicted molar refractivity (Wildman–Crippen MR) is 69.7 cm³/mol. The summed E-state index contributed by atoms with van der Waals surface area (Å²) < 4.78 is 35.9. The number of hydrogen-bond donors (Lipinski definition) is 0. The van der Waals surface area contributed by atoms with Crippen molar-refractivity contribution < 1.29 is 18.0 Å². The topological polar surface area (TPSA) is 17.1 Å². The number of carbonyl (C=O) groups is 1. The highest BCUT2D eigenvalue weighted by molar-refractivity contribution is 5.94. The summed E-state index contributed by atoms with van der Waals surface area (Å²) in [6, 6.07) is 0. The molecule has 1 aliphatic carbocycles. The largest absolute Gasteiger partial charge is 0.454 e. The van der Waals surface area contributed by atoms with E-state index in [9.17, 15) is 18.0 Å². The van der Waals surface area contributed by atoms with Gasteiger partial charge in [-0.2, -0.15) is 13.2 Å². The van der Waals surface area contributed by atoms with Gasteiger partial charge in [0.25, 0.3) is 5.78 Å². The predicted octanol–water partition coefficient (Wildman–Crippen LogP) is 4.76. The highest BCUT2D eigenvalue weighted by Gasteiger charge is 2.35. The molecular formula is C15H19F3O. The number of alkyl halides is 3. The summed E-state index contributed by atoms with van der Waals surface area (Å²) in [5.41, 5.74) is 2.46. The van der Waals surface area contributed by atoms with E-state index in [1.807, 2.05) is 13.0 Å². The van der Waals surface area contributed by atoms with Crippen molar-refractivity contribution in [2.24, 2.45) is 5.41 Å². The standard InChI is InChI=1S/C15H19F3O/c1-11-7-6-10-14(2,3)12(11)8-4-5-9-13(19)15(16,17)18/h4-5,8-9H,6-7,10H2,1-3H3/b8-4+,9-5+. The van der Waals surface area contributed by atoms with Crippen LogP contribution in [0.2, 0.25) is 0 Å². The number of halogens is 3. The van der Waals surface area contributed by atoms with E-state index in [4.69, 9.17) is 0 Å². The van der Waals surface area contributed by atoms with Gasteiger partial charge < -0.3 is 0 Å². The molecule has 0 aliphatic heterocycles. The molecule has 0 spiro atoms. The van der Waals surface area contributed by atoms with E-state index in [1.54, 1.807) is 0 Å². The van der Waals surface area contributed by atoms with E-state index in [1.165, 1.54) is 11.6 Å². The minimum absolute atomic E-state index is 0.0424. The fourth-order valence-electron chi connectivity index (χ4n) is 2.40. The molecule has 0 amide bonds. The van der Waals surface area contributed by atoms with Gasteiger partial charge in [0, 0.05) is 0 Å². The van der Waals surface area contributed by atoms with E-state index in [0.717, 1.165) is 30.9 Å². The Balaban J connectivity index is 2.77. The van der Waals surface area contributed by atoms with Crippen molar-refractivity contribution in [3.63, 3.8) is 0 Å². The second-order valence-corrected chi connectivity index (χ2v) is 5.51. The van der Waals surface area contributed by atoms with Gasteiger partial charge in [-0.15, -0.1) is 0 Å². The van der Waals surface area contributed by atoms with Gasteiger partial charge >= 0.3 is 6.18 Å². The van der Waals surface area contributed by atoms with Crippen LogP contribution in [0.15, 0.2) is 35.5 Å². The van der Waals surface area contributed by atoms with Gasteiger partial charge in [0.1, 0.15) is 0 Å². The van der Waals surface area contributed by atoms with E-state index in [0.29, 0.717) is 6.08 Å². The SMILES string of the molecule is CC1=C(/C=C/C=C/C(=O)C(F)(F)F)C(C)(C)CCC1. The van der Waals surface area contributed by atoms with Crippen LogP contribution >= 0.6 is 0 Å². The van der Waals surface area contributed by atoms with Crippen molar-refractivity contribution in [2.45, 2.75) is 46.2 Å². The van der Waals surface area contributed by atoms with Gasteiger partial charge in [0.15, 0.2) is 0 Å². The molecule has 0 unspecified atom stereocenters. The molecule has 0 atom stereocenters. The Hall–Kier alpha value is -1.32. The molecule has 0 aromatic carbocycles. The first kappa shape index (κ1) is 15.7. The average Bonchev–Trinajstić information content (AvgIpc) is 2.25. The number of carbonyl (C=O) groups excluding carboxylic acids is 1. The van der Waals surface area contributed by atoms with Crippen molar-refractivity contribution in [2.75, 3.05) is 0 Å². The third-order valence-electron chi connectivity index (χ3n) is 3.44. The molecule has 0 saturated heterocycles. The molecule has 19 heavy (non-hydrogen) atoms. The van der Waals surface area contributed by atoms with Crippen LogP contribution in [0.4, 0.5) is 13.2 Å². The van der Waals surface area contributed by atoms with Crippen LogP contribution < -0.4 is 0 Å². The lowest BCUT2D eigenvalue weighted by Gasteiger charge is -2.32. The third-order valence-corrected chi connectivity index (χ3v) is 3.44. The molecule has 4 heteroatoms. The quantitative estimate of drug-likeness (QED) is 0.535. The molecule has 0 heterocycles. The van der Waals surface area contributed by atoms with Crippen LogP contribution in [-0.2, 0) is 4.79 Å². The van der Waals surface area contributed by atoms with Crippen LogP contribution in [0.25, 0.3) is 0 Å². The minimum atomic E-state index is -4.79. The molecule has 1 rings (SSSR count). The summed E-state index contributed by atoms with van der Waals surface area (Å²) in [7, 11) is 0. The smallest absolute Gasteiger partial charge is 0.285 e. The maximum Gasteiger partial charge on any atom is 0.454 e. The highest BCUT2D eigenvalue weighted by atomic mass is 19.4. The van der Waals surface area contributed by atoms with Crippen LogP contribution in [0.3, 0.4) is 0 Å². The molecule has 0 aromatic heterocycles. The first-order valence-electron chi connectivity index (χ1n) is 6.31. The maximum atomic E-state index is 12.0. The molecule has 0 fully saturated rings. The van der Waals surface area contributed by atoms with Crippen molar-refractivity contribution in [1.82, 2.24) is 0 Å². The fraction of sp³-hybridized carbons (Fsp3) is 0.533. The molecule has 0 radical (unpaired) electrons. The van der Waals surface area contributed by atoms with Crippen LogP contribution in [-0.4, -0.2) is 12.0 Å². The van der Waals surface area contributed by atoms with Crippen molar-refractivity contribution in [1.29, 1.82) is 0 Å². The summed E-state index contributed by atoms with van der Waals surface area (Å²) in [5.74, 6) is -1.83. The first-order valence-corrected chi connectivity index (χ1v) is 6.31. The van der Waals surface area contributed by atoms with Gasteiger partial charge in [-0.25, -0.2) is 0 Å². The summed E-state index contributed by atoms with van der Waals surface area (Å²) in [5, 5.41) is 0. The number of hydrogen-bond acceptors (Lipinski definition) is 1. The Labute approximate surface area is 111 Å². The van der Waals surface area contributed by atoms with E-state index >= 15 is 0 Å². The normalized spacial score (nSPS) is 20.5. The molecule has 1 nitrogen and oxygen atoms in total. The van der Waals surface area contributed by atoms with Gasteiger partial charge in [-0.1, -0.05) is 37.6 Å². The highest BCUT2D eigenvalue weighted by Crippen LogP contribution is 2.40.